The van der Waals surface area contributed by atoms with Gasteiger partial charge in [-0.25, -0.2) is 24.0 Å². The summed E-state index contributed by atoms with van der Waals surface area (Å²) in [5.41, 5.74) is 2.29. The predicted molar refractivity (Wildman–Crippen MR) is 68.3 cm³/mol. The number of sulfonamides is 1. The van der Waals surface area contributed by atoms with E-state index in [2.05, 4.69) is 20.0 Å². The molecule has 1 aliphatic heterocycles. The average molecular weight is 271 g/mol. The third-order valence-electron chi connectivity index (χ3n) is 2.91. The Bertz CT molecular complexity index is 519. The number of hydrogen-bond donors (Lipinski definition) is 3. The van der Waals surface area contributed by atoms with Gasteiger partial charge in [0.25, 0.3) is 0 Å². The molecule has 2 rings (SSSR count). The Morgan fingerprint density at radius 1 is 1.56 bits per heavy atom. The van der Waals surface area contributed by atoms with Crippen molar-refractivity contribution in [1.82, 2.24) is 14.6 Å². The largest absolute Gasteiger partial charge is 0.307 e. The summed E-state index contributed by atoms with van der Waals surface area (Å²) < 4.78 is 27.1. The number of likely N-dealkylation sites (tertiary alicyclic amines) is 1. The molecular weight excluding hydrogens is 254 g/mol. The number of anilines is 1. The van der Waals surface area contributed by atoms with Gasteiger partial charge in [0, 0.05) is 18.8 Å². The molecule has 1 aromatic rings. The minimum Gasteiger partial charge on any atom is -0.307 e. The summed E-state index contributed by atoms with van der Waals surface area (Å²) in [6.07, 6.45) is 2.29. The van der Waals surface area contributed by atoms with Crippen molar-refractivity contribution >= 4 is 15.8 Å². The number of nitrogen functional groups attached to an aromatic ring is 1. The Morgan fingerprint density at radius 3 is 2.94 bits per heavy atom. The Labute approximate surface area is 106 Å². The van der Waals surface area contributed by atoms with Gasteiger partial charge in [-0.05, 0) is 32.1 Å². The molecule has 1 aromatic heterocycles. The van der Waals surface area contributed by atoms with Crippen molar-refractivity contribution in [3.63, 3.8) is 0 Å². The van der Waals surface area contributed by atoms with Crippen LogP contribution in [0.4, 0.5) is 5.82 Å². The molecule has 8 heteroatoms. The zero-order valence-electron chi connectivity index (χ0n) is 10.1. The van der Waals surface area contributed by atoms with E-state index in [1.807, 2.05) is 7.05 Å². The van der Waals surface area contributed by atoms with Gasteiger partial charge in [-0.2, -0.15) is 0 Å². The van der Waals surface area contributed by atoms with E-state index < -0.39 is 10.0 Å². The molecule has 0 aliphatic carbocycles. The van der Waals surface area contributed by atoms with E-state index in [0.29, 0.717) is 6.54 Å². The zero-order valence-corrected chi connectivity index (χ0v) is 10.9. The monoisotopic (exact) mass is 271 g/mol. The summed E-state index contributed by atoms with van der Waals surface area (Å²) >= 11 is 0. The first kappa shape index (κ1) is 13.2. The predicted octanol–water partition coefficient (Wildman–Crippen LogP) is -0.650. The van der Waals surface area contributed by atoms with Crippen LogP contribution in [0.5, 0.6) is 0 Å². The average Bonchev–Trinajstić information content (AvgIpc) is 2.74. The van der Waals surface area contributed by atoms with E-state index in [4.69, 9.17) is 5.84 Å². The SMILES string of the molecule is CN1CCC(NS(=O)(=O)c2cccnc2NN)C1. The van der Waals surface area contributed by atoms with Crippen LogP contribution < -0.4 is 16.0 Å². The molecule has 1 unspecified atom stereocenters. The number of nitrogens with two attached hydrogens (primary N) is 1. The molecule has 4 N–H and O–H groups in total. The number of pyridine rings is 1. The molecule has 1 fully saturated rings. The number of hydrazine groups is 1. The van der Waals surface area contributed by atoms with Crippen LogP contribution in [-0.4, -0.2) is 44.5 Å². The minimum absolute atomic E-state index is 0.0640. The second kappa shape index (κ2) is 5.19. The van der Waals surface area contributed by atoms with Crippen molar-refractivity contribution in [3.05, 3.63) is 18.3 Å². The van der Waals surface area contributed by atoms with E-state index in [0.717, 1.165) is 13.0 Å². The first-order chi connectivity index (χ1) is 8.53. The van der Waals surface area contributed by atoms with E-state index in [1.165, 1.54) is 12.3 Å². The van der Waals surface area contributed by atoms with Crippen molar-refractivity contribution in [2.24, 2.45) is 5.84 Å². The Balaban J connectivity index is 2.20. The van der Waals surface area contributed by atoms with Crippen molar-refractivity contribution in [3.8, 4) is 0 Å². The fourth-order valence-electron chi connectivity index (χ4n) is 2.03. The molecule has 0 saturated carbocycles. The molecular formula is C10H17N5O2S. The van der Waals surface area contributed by atoms with Crippen molar-refractivity contribution in [1.29, 1.82) is 0 Å². The Hall–Kier alpha value is -1.22. The second-order valence-corrected chi connectivity index (χ2v) is 6.05. The molecule has 18 heavy (non-hydrogen) atoms. The lowest BCUT2D eigenvalue weighted by atomic mass is 10.3. The van der Waals surface area contributed by atoms with Gasteiger partial charge in [-0.15, -0.1) is 0 Å². The number of hydrogen-bond acceptors (Lipinski definition) is 6. The molecule has 1 saturated heterocycles. The van der Waals surface area contributed by atoms with Crippen LogP contribution in [0, 0.1) is 0 Å². The van der Waals surface area contributed by atoms with Gasteiger partial charge in [0.1, 0.15) is 4.90 Å². The smallest absolute Gasteiger partial charge is 0.244 e. The fourth-order valence-corrected chi connectivity index (χ4v) is 3.41. The molecule has 0 spiro atoms. The van der Waals surface area contributed by atoms with E-state index in [1.54, 1.807) is 6.07 Å². The lowest BCUT2D eigenvalue weighted by Crippen LogP contribution is -2.37. The van der Waals surface area contributed by atoms with E-state index in [9.17, 15) is 8.42 Å². The summed E-state index contributed by atoms with van der Waals surface area (Å²) in [7, 11) is -1.63. The summed E-state index contributed by atoms with van der Waals surface area (Å²) in [6, 6.07) is 2.98. The number of rotatable bonds is 4. The maximum absolute atomic E-state index is 12.2. The number of nitrogens with one attached hydrogen (secondary N) is 2. The van der Waals surface area contributed by atoms with Gasteiger partial charge in [-0.3, -0.25) is 0 Å². The quantitative estimate of drug-likeness (QED) is 0.497. The number of nitrogens with zero attached hydrogens (tertiary/aromatic N) is 2. The Morgan fingerprint density at radius 2 is 2.33 bits per heavy atom. The van der Waals surface area contributed by atoms with Crippen LogP contribution in [0.3, 0.4) is 0 Å². The van der Waals surface area contributed by atoms with Crippen LogP contribution in [-0.2, 0) is 10.0 Å². The highest BCUT2D eigenvalue weighted by Gasteiger charge is 2.27. The fraction of sp³-hybridized carbons (Fsp3) is 0.500. The normalized spacial score (nSPS) is 21.1. The summed E-state index contributed by atoms with van der Waals surface area (Å²) in [5.74, 6) is 5.41. The molecule has 0 aromatic carbocycles. The van der Waals surface area contributed by atoms with Crippen LogP contribution in [0.2, 0.25) is 0 Å². The first-order valence-corrected chi connectivity index (χ1v) is 7.14. The maximum Gasteiger partial charge on any atom is 0.244 e. The molecule has 1 atom stereocenters. The first-order valence-electron chi connectivity index (χ1n) is 5.65. The third kappa shape index (κ3) is 2.78. The van der Waals surface area contributed by atoms with Gasteiger partial charge < -0.3 is 10.3 Å². The summed E-state index contributed by atoms with van der Waals surface area (Å²) in [6.45, 7) is 1.60. The van der Waals surface area contributed by atoms with Gasteiger partial charge in [-0.1, -0.05) is 0 Å². The Kier molecular flexibility index (Phi) is 3.81. The molecule has 0 amide bonds. The summed E-state index contributed by atoms with van der Waals surface area (Å²) in [5, 5.41) is 0. The molecule has 0 radical (unpaired) electrons. The van der Waals surface area contributed by atoms with Gasteiger partial charge in [0.2, 0.25) is 10.0 Å². The molecule has 1 aliphatic rings. The second-order valence-electron chi connectivity index (χ2n) is 4.36. The zero-order chi connectivity index (χ0) is 13.2. The molecule has 7 nitrogen and oxygen atoms in total. The van der Waals surface area contributed by atoms with Crippen LogP contribution in [0.1, 0.15) is 6.42 Å². The van der Waals surface area contributed by atoms with Crippen molar-refractivity contribution in [2.45, 2.75) is 17.4 Å². The number of likely N-dealkylation sites (N-methyl/N-ethyl adjacent to an activating group) is 1. The van der Waals surface area contributed by atoms with Crippen molar-refractivity contribution < 1.29 is 8.42 Å². The minimum atomic E-state index is -3.59. The topological polar surface area (TPSA) is 100 Å². The van der Waals surface area contributed by atoms with Gasteiger partial charge in [0.15, 0.2) is 5.82 Å². The van der Waals surface area contributed by atoms with Crippen LogP contribution >= 0.6 is 0 Å². The third-order valence-corrected chi connectivity index (χ3v) is 4.46. The summed E-state index contributed by atoms with van der Waals surface area (Å²) in [4.78, 5) is 6.04. The highest BCUT2D eigenvalue weighted by Crippen LogP contribution is 2.18. The van der Waals surface area contributed by atoms with Crippen LogP contribution in [0.25, 0.3) is 0 Å². The van der Waals surface area contributed by atoms with Gasteiger partial charge in [0.05, 0.1) is 0 Å². The molecule has 0 bridgehead atoms. The standard InChI is InChI=1S/C10H17N5O2S/c1-15-6-4-8(7-15)14-18(16,17)9-3-2-5-12-10(9)13-11/h2-3,5,8,14H,4,6-7,11H2,1H3,(H,12,13). The van der Waals surface area contributed by atoms with E-state index in [-0.39, 0.29) is 16.8 Å². The highest BCUT2D eigenvalue weighted by atomic mass is 32.2. The highest BCUT2D eigenvalue weighted by molar-refractivity contribution is 7.89. The molecule has 2 heterocycles. The van der Waals surface area contributed by atoms with Crippen LogP contribution in [0.15, 0.2) is 23.2 Å². The lowest BCUT2D eigenvalue weighted by Gasteiger charge is -2.14. The van der Waals surface area contributed by atoms with Gasteiger partial charge >= 0.3 is 0 Å². The maximum atomic E-state index is 12.2. The molecule has 100 valence electrons. The van der Waals surface area contributed by atoms with E-state index >= 15 is 0 Å². The number of aromatic nitrogens is 1. The lowest BCUT2D eigenvalue weighted by molar-refractivity contribution is 0.407. The van der Waals surface area contributed by atoms with Crippen molar-refractivity contribution in [2.75, 3.05) is 25.6 Å².